The summed E-state index contributed by atoms with van der Waals surface area (Å²) in [5, 5.41) is 3.03. The van der Waals surface area contributed by atoms with E-state index in [-0.39, 0.29) is 23.5 Å². The Morgan fingerprint density at radius 1 is 1.39 bits per heavy atom. The first-order chi connectivity index (χ1) is 13.3. The molecule has 7 nitrogen and oxygen atoms in total. The molecular weight excluding hydrogens is 376 g/mol. The van der Waals surface area contributed by atoms with Crippen LogP contribution >= 0.6 is 11.3 Å². The van der Waals surface area contributed by atoms with Gasteiger partial charge in [0.25, 0.3) is 5.91 Å². The summed E-state index contributed by atoms with van der Waals surface area (Å²) in [5.41, 5.74) is 6.30. The molecule has 2 amide bonds. The van der Waals surface area contributed by atoms with Crippen LogP contribution in [0, 0.1) is 0 Å². The van der Waals surface area contributed by atoms with E-state index in [2.05, 4.69) is 15.1 Å². The highest BCUT2D eigenvalue weighted by atomic mass is 32.1. The Morgan fingerprint density at radius 2 is 2.11 bits per heavy atom. The van der Waals surface area contributed by atoms with E-state index in [0.717, 1.165) is 50.2 Å². The van der Waals surface area contributed by atoms with E-state index in [9.17, 15) is 9.59 Å². The maximum Gasteiger partial charge on any atom is 0.261 e. The smallest absolute Gasteiger partial charge is 0.261 e. The summed E-state index contributed by atoms with van der Waals surface area (Å²) < 4.78 is 6.27. The molecule has 3 rings (SSSR count). The Labute approximate surface area is 171 Å². The van der Waals surface area contributed by atoms with Gasteiger partial charge in [-0.25, -0.2) is 0 Å². The van der Waals surface area contributed by atoms with Crippen LogP contribution in [-0.4, -0.2) is 74.5 Å². The lowest BCUT2D eigenvalue weighted by atomic mass is 9.82. The summed E-state index contributed by atoms with van der Waals surface area (Å²) in [6.45, 7) is 5.72. The number of hydrogen-bond acceptors (Lipinski definition) is 6. The molecule has 2 aliphatic rings. The molecule has 0 aliphatic carbocycles. The molecule has 0 saturated carbocycles. The van der Waals surface area contributed by atoms with Crippen molar-refractivity contribution in [3.05, 3.63) is 21.4 Å². The first-order valence-electron chi connectivity index (χ1n) is 10.1. The normalized spacial score (nSPS) is 20.1. The number of fused-ring (bicyclic) bond motifs is 2. The second kappa shape index (κ2) is 8.90. The molecule has 1 spiro atoms. The van der Waals surface area contributed by atoms with E-state index >= 15 is 0 Å². The van der Waals surface area contributed by atoms with Gasteiger partial charge in [-0.05, 0) is 58.5 Å². The van der Waals surface area contributed by atoms with Crippen LogP contribution in [0.5, 0.6) is 0 Å². The largest absolute Gasteiger partial charge is 0.370 e. The average molecular weight is 409 g/mol. The molecule has 1 unspecified atom stereocenters. The standard InChI is InChI=1S/C20H32N4O3S/c1-14(18(21)25)24-10-6-20(7-11-24)15-13-17(28-16(15)5-12-27-20)19(26)22-8-4-9-23(2)3/h13-14H,4-12H2,1-3H3,(H2,21,25)(H,22,26). The molecule has 156 valence electrons. The highest BCUT2D eigenvalue weighted by Gasteiger charge is 2.43. The summed E-state index contributed by atoms with van der Waals surface area (Å²) in [5.74, 6) is -0.280. The fourth-order valence-corrected chi connectivity index (χ4v) is 5.23. The summed E-state index contributed by atoms with van der Waals surface area (Å²) in [6, 6.07) is 1.78. The highest BCUT2D eigenvalue weighted by Crippen LogP contribution is 2.44. The number of hydrogen-bond donors (Lipinski definition) is 2. The lowest BCUT2D eigenvalue weighted by molar-refractivity contribution is -0.128. The Hall–Kier alpha value is -1.48. The van der Waals surface area contributed by atoms with Crippen molar-refractivity contribution >= 4 is 23.2 Å². The minimum Gasteiger partial charge on any atom is -0.370 e. The Kier molecular flexibility index (Phi) is 6.75. The molecule has 1 atom stereocenters. The van der Waals surface area contributed by atoms with Gasteiger partial charge in [0.1, 0.15) is 0 Å². The summed E-state index contributed by atoms with van der Waals surface area (Å²) in [4.78, 5) is 30.3. The quantitative estimate of drug-likeness (QED) is 0.661. The fourth-order valence-electron chi connectivity index (χ4n) is 4.08. The third-order valence-electron chi connectivity index (χ3n) is 5.86. The van der Waals surface area contributed by atoms with Crippen LogP contribution in [0.2, 0.25) is 0 Å². The van der Waals surface area contributed by atoms with Gasteiger partial charge >= 0.3 is 0 Å². The van der Waals surface area contributed by atoms with Gasteiger partial charge in [-0.15, -0.1) is 11.3 Å². The first-order valence-corrected chi connectivity index (χ1v) is 10.9. The van der Waals surface area contributed by atoms with E-state index in [4.69, 9.17) is 10.5 Å². The Bertz CT molecular complexity index is 710. The zero-order valence-electron chi connectivity index (χ0n) is 17.1. The Balaban J connectivity index is 1.66. The molecule has 2 aliphatic heterocycles. The number of piperidine rings is 1. The number of likely N-dealkylation sites (tertiary alicyclic amines) is 1. The number of nitrogens with zero attached hydrogens (tertiary/aromatic N) is 2. The van der Waals surface area contributed by atoms with E-state index in [0.29, 0.717) is 13.2 Å². The van der Waals surface area contributed by atoms with Gasteiger partial charge in [0.2, 0.25) is 5.91 Å². The van der Waals surface area contributed by atoms with Crippen molar-refractivity contribution in [3.8, 4) is 0 Å². The molecule has 0 aromatic carbocycles. The molecule has 28 heavy (non-hydrogen) atoms. The number of nitrogens with one attached hydrogen (secondary N) is 1. The monoisotopic (exact) mass is 408 g/mol. The molecule has 8 heteroatoms. The third-order valence-corrected chi connectivity index (χ3v) is 7.06. The van der Waals surface area contributed by atoms with Crippen LogP contribution in [0.1, 0.15) is 46.3 Å². The minimum atomic E-state index is -0.332. The summed E-state index contributed by atoms with van der Waals surface area (Å²) in [6.07, 6.45) is 3.43. The maximum atomic E-state index is 12.6. The molecule has 3 N–H and O–H groups in total. The van der Waals surface area contributed by atoms with Gasteiger partial charge in [0.05, 0.1) is 23.1 Å². The van der Waals surface area contributed by atoms with Crippen LogP contribution in [0.15, 0.2) is 6.07 Å². The molecule has 0 bridgehead atoms. The van der Waals surface area contributed by atoms with Crippen LogP contribution in [0.4, 0.5) is 0 Å². The van der Waals surface area contributed by atoms with E-state index in [1.54, 1.807) is 11.3 Å². The minimum absolute atomic E-state index is 0.00749. The van der Waals surface area contributed by atoms with Crippen molar-refractivity contribution in [2.45, 2.75) is 44.2 Å². The number of rotatable bonds is 7. The second-order valence-corrected chi connectivity index (χ2v) is 9.20. The molecule has 0 radical (unpaired) electrons. The average Bonchev–Trinajstić information content (AvgIpc) is 3.11. The first kappa shape index (κ1) is 21.2. The lowest BCUT2D eigenvalue weighted by Crippen LogP contribution is -2.51. The molecular formula is C20H32N4O3S. The predicted molar refractivity (Wildman–Crippen MR) is 111 cm³/mol. The van der Waals surface area contributed by atoms with Crippen molar-refractivity contribution < 1.29 is 14.3 Å². The van der Waals surface area contributed by atoms with Crippen molar-refractivity contribution in [2.24, 2.45) is 5.73 Å². The van der Waals surface area contributed by atoms with Gasteiger partial charge < -0.3 is 20.7 Å². The van der Waals surface area contributed by atoms with E-state index in [1.807, 2.05) is 27.1 Å². The fraction of sp³-hybridized carbons (Fsp3) is 0.700. The number of nitrogens with two attached hydrogens (primary N) is 1. The second-order valence-electron chi connectivity index (χ2n) is 8.07. The number of primary amides is 1. The van der Waals surface area contributed by atoms with Crippen LogP contribution in [-0.2, 0) is 21.6 Å². The molecule has 1 saturated heterocycles. The van der Waals surface area contributed by atoms with Crippen molar-refractivity contribution in [3.63, 3.8) is 0 Å². The van der Waals surface area contributed by atoms with Crippen LogP contribution < -0.4 is 11.1 Å². The van der Waals surface area contributed by atoms with Crippen LogP contribution in [0.25, 0.3) is 0 Å². The van der Waals surface area contributed by atoms with Crippen molar-refractivity contribution in [1.82, 2.24) is 15.1 Å². The Morgan fingerprint density at radius 3 is 2.75 bits per heavy atom. The number of ether oxygens (including phenoxy) is 1. The number of thiophene rings is 1. The van der Waals surface area contributed by atoms with E-state index < -0.39 is 0 Å². The molecule has 1 fully saturated rings. The third kappa shape index (κ3) is 4.56. The molecule has 3 heterocycles. The summed E-state index contributed by atoms with van der Waals surface area (Å²) in [7, 11) is 4.06. The number of amides is 2. The van der Waals surface area contributed by atoms with Gasteiger partial charge in [0.15, 0.2) is 0 Å². The molecule has 1 aromatic heterocycles. The predicted octanol–water partition coefficient (Wildman–Crippen LogP) is 1.17. The zero-order chi connectivity index (χ0) is 20.3. The molecule has 1 aromatic rings. The highest BCUT2D eigenvalue weighted by molar-refractivity contribution is 7.14. The van der Waals surface area contributed by atoms with Crippen molar-refractivity contribution in [1.29, 1.82) is 0 Å². The SMILES string of the molecule is CC(C(N)=O)N1CCC2(CC1)OCCc1sc(C(=O)NCCCN(C)C)cc12. The lowest BCUT2D eigenvalue weighted by Gasteiger charge is -2.45. The maximum absolute atomic E-state index is 12.6. The number of carbonyl (C=O) groups is 2. The van der Waals surface area contributed by atoms with Gasteiger partial charge in [-0.1, -0.05) is 0 Å². The van der Waals surface area contributed by atoms with Crippen molar-refractivity contribution in [2.75, 3.05) is 46.9 Å². The zero-order valence-corrected chi connectivity index (χ0v) is 17.9. The van der Waals surface area contributed by atoms with Gasteiger partial charge in [0, 0.05) is 30.9 Å². The van der Waals surface area contributed by atoms with E-state index in [1.165, 1.54) is 10.4 Å². The van der Waals surface area contributed by atoms with Gasteiger partial charge in [-0.3, -0.25) is 14.5 Å². The topological polar surface area (TPSA) is 87.9 Å². The number of carbonyl (C=O) groups excluding carboxylic acids is 2. The van der Waals surface area contributed by atoms with Gasteiger partial charge in [-0.2, -0.15) is 0 Å². The van der Waals surface area contributed by atoms with Crippen LogP contribution in [0.3, 0.4) is 0 Å². The summed E-state index contributed by atoms with van der Waals surface area (Å²) >= 11 is 1.60.